The van der Waals surface area contributed by atoms with Crippen LogP contribution in [0.15, 0.2) is 108 Å². The van der Waals surface area contributed by atoms with Crippen molar-refractivity contribution >= 4 is 34.7 Å². The van der Waals surface area contributed by atoms with Crippen LogP contribution in [0.5, 0.6) is 11.5 Å². The van der Waals surface area contributed by atoms with Gasteiger partial charge in [-0.05, 0) is 54.1 Å². The van der Waals surface area contributed by atoms with Crippen LogP contribution in [0.25, 0.3) is 0 Å². The molecular weight excluding hydrogens is 496 g/mol. The van der Waals surface area contributed by atoms with Crippen LogP contribution in [-0.2, 0) is 4.79 Å². The predicted octanol–water partition coefficient (Wildman–Crippen LogP) is 6.52. The lowest BCUT2D eigenvalue weighted by Crippen LogP contribution is -2.51. The number of halogens is 1. The number of hydrogen-bond donors (Lipinski definition) is 1. The zero-order valence-electron chi connectivity index (χ0n) is 20.8. The first-order valence-electron chi connectivity index (χ1n) is 12.7. The van der Waals surface area contributed by atoms with Crippen LogP contribution in [0.1, 0.15) is 17.2 Å². The van der Waals surface area contributed by atoms with Crippen molar-refractivity contribution in [3.63, 3.8) is 0 Å². The van der Waals surface area contributed by atoms with Crippen molar-refractivity contribution in [3.8, 4) is 11.5 Å². The number of fused-ring (bicyclic) bond motifs is 2. The van der Waals surface area contributed by atoms with E-state index in [0.717, 1.165) is 52.9 Å². The summed E-state index contributed by atoms with van der Waals surface area (Å²) >= 11 is 6.03. The predicted molar refractivity (Wildman–Crippen MR) is 152 cm³/mol. The second-order valence-electron chi connectivity index (χ2n) is 9.33. The molecule has 2 aliphatic heterocycles. The molecule has 7 heteroatoms. The SMILES string of the molecule is O=C(Nc1ccc(Cl)cc1)C(c1ccccc1)N1CCN(C2=Nc3ccccc3Oc3ccccc32)CC1. The summed E-state index contributed by atoms with van der Waals surface area (Å²) in [5.41, 5.74) is 3.47. The molecule has 1 unspecified atom stereocenters. The molecule has 4 aromatic rings. The van der Waals surface area contributed by atoms with Gasteiger partial charge in [-0.25, -0.2) is 4.99 Å². The maximum atomic E-state index is 13.6. The van der Waals surface area contributed by atoms with Gasteiger partial charge < -0.3 is 15.0 Å². The van der Waals surface area contributed by atoms with Gasteiger partial charge in [-0.1, -0.05) is 66.2 Å². The zero-order chi connectivity index (χ0) is 25.9. The monoisotopic (exact) mass is 522 g/mol. The quantitative estimate of drug-likeness (QED) is 0.331. The highest BCUT2D eigenvalue weighted by molar-refractivity contribution is 6.30. The molecule has 0 aromatic heterocycles. The maximum absolute atomic E-state index is 13.6. The van der Waals surface area contributed by atoms with Crippen molar-refractivity contribution < 1.29 is 9.53 Å². The minimum Gasteiger partial charge on any atom is -0.454 e. The zero-order valence-corrected chi connectivity index (χ0v) is 21.5. The van der Waals surface area contributed by atoms with Gasteiger partial charge >= 0.3 is 0 Å². The average Bonchev–Trinajstić information content (AvgIpc) is 3.12. The van der Waals surface area contributed by atoms with E-state index < -0.39 is 6.04 Å². The van der Waals surface area contributed by atoms with Gasteiger partial charge in [-0.3, -0.25) is 9.69 Å². The average molecular weight is 523 g/mol. The first-order chi connectivity index (χ1) is 18.7. The van der Waals surface area contributed by atoms with E-state index in [2.05, 4.69) is 21.2 Å². The van der Waals surface area contributed by atoms with Crippen molar-refractivity contribution in [3.05, 3.63) is 119 Å². The Labute approximate surface area is 227 Å². The number of hydrogen-bond acceptors (Lipinski definition) is 5. The second-order valence-corrected chi connectivity index (χ2v) is 9.77. The maximum Gasteiger partial charge on any atom is 0.246 e. The summed E-state index contributed by atoms with van der Waals surface area (Å²) in [6.45, 7) is 2.87. The minimum atomic E-state index is -0.415. The molecule has 1 fully saturated rings. The first-order valence-corrected chi connectivity index (χ1v) is 13.1. The molecule has 38 heavy (non-hydrogen) atoms. The number of ether oxygens (including phenoxy) is 1. The number of aliphatic imine (C=N–C) groups is 1. The smallest absolute Gasteiger partial charge is 0.246 e. The van der Waals surface area contributed by atoms with Crippen LogP contribution in [-0.4, -0.2) is 47.7 Å². The molecule has 2 heterocycles. The number of nitrogens with one attached hydrogen (secondary N) is 1. The van der Waals surface area contributed by atoms with Gasteiger partial charge in [0.05, 0.1) is 5.56 Å². The third-order valence-electron chi connectivity index (χ3n) is 6.89. The number of amides is 1. The summed E-state index contributed by atoms with van der Waals surface area (Å²) in [5.74, 6) is 2.37. The van der Waals surface area contributed by atoms with Gasteiger partial charge in [0, 0.05) is 36.9 Å². The molecule has 6 nitrogen and oxygen atoms in total. The third kappa shape index (κ3) is 5.01. The van der Waals surface area contributed by atoms with E-state index in [1.807, 2.05) is 84.9 Å². The highest BCUT2D eigenvalue weighted by Gasteiger charge is 2.32. The Morgan fingerprint density at radius 3 is 2.21 bits per heavy atom. The molecule has 1 amide bonds. The lowest BCUT2D eigenvalue weighted by Gasteiger charge is -2.40. The molecule has 0 saturated carbocycles. The Bertz CT molecular complexity index is 1460. The highest BCUT2D eigenvalue weighted by Crippen LogP contribution is 2.38. The third-order valence-corrected chi connectivity index (χ3v) is 7.15. The van der Waals surface area contributed by atoms with Gasteiger partial charge in [0.15, 0.2) is 5.75 Å². The molecule has 1 atom stereocenters. The van der Waals surface area contributed by atoms with Gasteiger partial charge in [-0.15, -0.1) is 0 Å². The number of nitrogens with zero attached hydrogens (tertiary/aromatic N) is 3. The number of anilines is 1. The summed E-state index contributed by atoms with van der Waals surface area (Å²) in [4.78, 5) is 23.2. The minimum absolute atomic E-state index is 0.0635. The summed E-state index contributed by atoms with van der Waals surface area (Å²) in [6, 6.07) is 32.6. The normalized spacial score (nSPS) is 15.8. The van der Waals surface area contributed by atoms with Crippen LogP contribution in [0.3, 0.4) is 0 Å². The number of amidine groups is 1. The molecule has 0 bridgehead atoms. The summed E-state index contributed by atoms with van der Waals surface area (Å²) in [6.07, 6.45) is 0. The van der Waals surface area contributed by atoms with E-state index in [9.17, 15) is 4.79 Å². The number of piperazine rings is 1. The number of para-hydroxylation sites is 3. The van der Waals surface area contributed by atoms with E-state index in [1.165, 1.54) is 0 Å². The fourth-order valence-corrected chi connectivity index (χ4v) is 5.14. The van der Waals surface area contributed by atoms with Gasteiger partial charge in [0.25, 0.3) is 0 Å². The summed E-state index contributed by atoms with van der Waals surface area (Å²) in [5, 5.41) is 3.71. The standard InChI is InChI=1S/C31H27ClN4O2/c32-23-14-16-24(17-15-23)33-31(37)29(22-8-2-1-3-9-22)35-18-20-36(21-19-35)30-25-10-4-6-12-27(25)38-28-13-7-5-11-26(28)34-30/h1-17,29H,18-21H2,(H,33,37). The van der Waals surface area contributed by atoms with Crippen molar-refractivity contribution in [1.82, 2.24) is 9.80 Å². The van der Waals surface area contributed by atoms with Crippen molar-refractivity contribution in [2.45, 2.75) is 6.04 Å². The first kappa shape index (κ1) is 24.2. The fourth-order valence-electron chi connectivity index (χ4n) is 5.01. The number of rotatable bonds is 4. The molecule has 0 aliphatic carbocycles. The van der Waals surface area contributed by atoms with Crippen molar-refractivity contribution in [2.75, 3.05) is 31.5 Å². The van der Waals surface area contributed by atoms with E-state index >= 15 is 0 Å². The Morgan fingerprint density at radius 1 is 0.789 bits per heavy atom. The molecular formula is C31H27ClN4O2. The van der Waals surface area contributed by atoms with Crippen LogP contribution in [0.2, 0.25) is 5.02 Å². The largest absolute Gasteiger partial charge is 0.454 e. The Balaban J connectivity index is 1.25. The molecule has 0 radical (unpaired) electrons. The Hall–Kier alpha value is -4.13. The van der Waals surface area contributed by atoms with Crippen molar-refractivity contribution in [2.24, 2.45) is 4.99 Å². The van der Waals surface area contributed by atoms with Crippen LogP contribution in [0, 0.1) is 0 Å². The fraction of sp³-hybridized carbons (Fsp3) is 0.161. The molecule has 190 valence electrons. The van der Waals surface area contributed by atoms with Crippen molar-refractivity contribution in [1.29, 1.82) is 0 Å². The van der Waals surface area contributed by atoms with E-state index in [-0.39, 0.29) is 5.91 Å². The van der Waals surface area contributed by atoms with E-state index in [4.69, 9.17) is 21.3 Å². The lowest BCUT2D eigenvalue weighted by atomic mass is 10.0. The van der Waals surface area contributed by atoms with Gasteiger partial charge in [0.2, 0.25) is 5.91 Å². The topological polar surface area (TPSA) is 57.2 Å². The summed E-state index contributed by atoms with van der Waals surface area (Å²) in [7, 11) is 0. The number of carbonyl (C=O) groups is 1. The Morgan fingerprint density at radius 2 is 1.45 bits per heavy atom. The summed E-state index contributed by atoms with van der Waals surface area (Å²) < 4.78 is 6.22. The Kier molecular flexibility index (Phi) is 6.82. The molecule has 1 saturated heterocycles. The van der Waals surface area contributed by atoms with Crippen LogP contribution >= 0.6 is 11.6 Å². The molecule has 6 rings (SSSR count). The molecule has 1 N–H and O–H groups in total. The highest BCUT2D eigenvalue weighted by atomic mass is 35.5. The van der Waals surface area contributed by atoms with Crippen LogP contribution in [0.4, 0.5) is 11.4 Å². The number of benzene rings is 4. The molecule has 0 spiro atoms. The molecule has 2 aliphatic rings. The van der Waals surface area contributed by atoms with Gasteiger partial charge in [0.1, 0.15) is 23.3 Å². The number of carbonyl (C=O) groups excluding carboxylic acids is 1. The molecule has 4 aromatic carbocycles. The second kappa shape index (κ2) is 10.7. The lowest BCUT2D eigenvalue weighted by molar-refractivity contribution is -0.122. The van der Waals surface area contributed by atoms with Gasteiger partial charge in [-0.2, -0.15) is 0 Å². The van der Waals surface area contributed by atoms with E-state index in [0.29, 0.717) is 18.1 Å². The van der Waals surface area contributed by atoms with Crippen LogP contribution < -0.4 is 10.1 Å². The van der Waals surface area contributed by atoms with E-state index in [1.54, 1.807) is 12.1 Å².